The van der Waals surface area contributed by atoms with Crippen LogP contribution in [0.1, 0.15) is 26.3 Å². The molecule has 2 N–H and O–H groups in total. The van der Waals surface area contributed by atoms with Crippen LogP contribution in [0.2, 0.25) is 0 Å². The molecule has 2 atom stereocenters. The zero-order valence-electron chi connectivity index (χ0n) is 17.8. The molecule has 30 heavy (non-hydrogen) atoms. The normalized spacial score (nSPS) is 17.3. The Hall–Kier alpha value is -3.17. The third-order valence-corrected chi connectivity index (χ3v) is 4.75. The first-order valence-corrected chi connectivity index (χ1v) is 9.82. The van der Waals surface area contributed by atoms with Gasteiger partial charge in [0.05, 0.1) is 13.7 Å². The smallest absolute Gasteiger partial charge is 0.328 e. The fourth-order valence-electron chi connectivity index (χ4n) is 3.26. The Labute approximate surface area is 175 Å². The van der Waals surface area contributed by atoms with E-state index in [-0.39, 0.29) is 37.5 Å². The summed E-state index contributed by atoms with van der Waals surface area (Å²) in [5.41, 5.74) is 0.748. The van der Waals surface area contributed by atoms with Crippen LogP contribution in [0.25, 0.3) is 0 Å². The molecule has 0 aromatic carbocycles. The molecule has 2 rings (SSSR count). The summed E-state index contributed by atoms with van der Waals surface area (Å²) in [6, 6.07) is 1.31. The van der Waals surface area contributed by atoms with Gasteiger partial charge >= 0.3 is 12.0 Å². The van der Waals surface area contributed by atoms with E-state index in [1.54, 1.807) is 24.5 Å². The standard InChI is InChI=1S/C20H29N5O5/c1-13(2)22-20(29)24-8-9-25(14(3)26)17(12-24)18(27)23-16(19(28)30-4)10-15-6-5-7-21-11-15/h5-7,11,13,16-17H,8-10,12H2,1-4H3,(H,22,29)(H,23,27)/t16-,17+/m1/s1. The van der Waals surface area contributed by atoms with Crippen molar-refractivity contribution < 1.29 is 23.9 Å². The molecule has 1 aromatic rings. The van der Waals surface area contributed by atoms with Crippen molar-refractivity contribution in [3.8, 4) is 0 Å². The minimum Gasteiger partial charge on any atom is -0.467 e. The molecule has 1 aliphatic heterocycles. The Kier molecular flexibility index (Phi) is 8.14. The molecular weight excluding hydrogens is 390 g/mol. The van der Waals surface area contributed by atoms with Crippen LogP contribution in [0.4, 0.5) is 4.79 Å². The molecule has 10 nitrogen and oxygen atoms in total. The number of nitrogens with zero attached hydrogens (tertiary/aromatic N) is 3. The third kappa shape index (κ3) is 6.16. The van der Waals surface area contributed by atoms with Crippen molar-refractivity contribution in [1.82, 2.24) is 25.4 Å². The number of amides is 4. The van der Waals surface area contributed by atoms with Gasteiger partial charge in [0, 0.05) is 44.9 Å². The minimum absolute atomic E-state index is 0.0325. The van der Waals surface area contributed by atoms with E-state index in [1.165, 1.54) is 23.8 Å². The van der Waals surface area contributed by atoms with Crippen molar-refractivity contribution in [3.63, 3.8) is 0 Å². The van der Waals surface area contributed by atoms with Crippen molar-refractivity contribution in [2.24, 2.45) is 0 Å². The maximum Gasteiger partial charge on any atom is 0.328 e. The molecule has 4 amide bonds. The zero-order valence-corrected chi connectivity index (χ0v) is 17.8. The molecule has 0 saturated carbocycles. The average molecular weight is 419 g/mol. The number of carbonyl (C=O) groups is 4. The summed E-state index contributed by atoms with van der Waals surface area (Å²) >= 11 is 0. The molecule has 0 aliphatic carbocycles. The van der Waals surface area contributed by atoms with E-state index >= 15 is 0 Å². The number of methoxy groups -OCH3 is 1. The number of esters is 1. The van der Waals surface area contributed by atoms with E-state index in [4.69, 9.17) is 4.74 Å². The number of rotatable bonds is 6. The number of nitrogens with one attached hydrogen (secondary N) is 2. The quantitative estimate of drug-likeness (QED) is 0.623. The summed E-state index contributed by atoms with van der Waals surface area (Å²) < 4.78 is 4.82. The van der Waals surface area contributed by atoms with Gasteiger partial charge in [-0.25, -0.2) is 9.59 Å². The van der Waals surface area contributed by atoms with Gasteiger partial charge in [0.1, 0.15) is 12.1 Å². The zero-order chi connectivity index (χ0) is 22.3. The summed E-state index contributed by atoms with van der Waals surface area (Å²) in [7, 11) is 1.24. The van der Waals surface area contributed by atoms with Crippen LogP contribution >= 0.6 is 0 Å². The molecular formula is C20H29N5O5. The molecule has 1 aromatic heterocycles. The van der Waals surface area contributed by atoms with Crippen LogP contribution in [-0.4, -0.2) is 83.5 Å². The lowest BCUT2D eigenvalue weighted by Gasteiger charge is -2.40. The Morgan fingerprint density at radius 1 is 1.23 bits per heavy atom. The summed E-state index contributed by atoms with van der Waals surface area (Å²) in [5.74, 6) is -1.40. The predicted molar refractivity (Wildman–Crippen MR) is 108 cm³/mol. The lowest BCUT2D eigenvalue weighted by molar-refractivity contribution is -0.147. The Morgan fingerprint density at radius 3 is 2.53 bits per heavy atom. The average Bonchev–Trinajstić information content (AvgIpc) is 2.72. The first-order chi connectivity index (χ1) is 14.2. The maximum atomic E-state index is 13.0. The van der Waals surface area contributed by atoms with Crippen LogP contribution in [0.5, 0.6) is 0 Å². The highest BCUT2D eigenvalue weighted by Crippen LogP contribution is 2.13. The van der Waals surface area contributed by atoms with Gasteiger partial charge in [-0.2, -0.15) is 0 Å². The van der Waals surface area contributed by atoms with E-state index < -0.39 is 24.0 Å². The van der Waals surface area contributed by atoms with Crippen molar-refractivity contribution in [3.05, 3.63) is 30.1 Å². The lowest BCUT2D eigenvalue weighted by atomic mass is 10.1. The first kappa shape index (κ1) is 23.1. The Morgan fingerprint density at radius 2 is 1.97 bits per heavy atom. The number of urea groups is 1. The van der Waals surface area contributed by atoms with Crippen LogP contribution in [0.15, 0.2) is 24.5 Å². The minimum atomic E-state index is -0.944. The van der Waals surface area contributed by atoms with Gasteiger partial charge in [0.25, 0.3) is 0 Å². The molecule has 1 saturated heterocycles. The van der Waals surface area contributed by atoms with E-state index in [0.29, 0.717) is 6.54 Å². The van der Waals surface area contributed by atoms with Crippen molar-refractivity contribution in [2.75, 3.05) is 26.7 Å². The summed E-state index contributed by atoms with van der Waals surface area (Å²) in [6.45, 7) is 5.63. The highest BCUT2D eigenvalue weighted by atomic mass is 16.5. The Bertz CT molecular complexity index is 770. The number of carbonyl (C=O) groups excluding carboxylic acids is 4. The van der Waals surface area contributed by atoms with Crippen LogP contribution < -0.4 is 10.6 Å². The van der Waals surface area contributed by atoms with Gasteiger partial charge in [-0.1, -0.05) is 6.07 Å². The van der Waals surface area contributed by atoms with Crippen LogP contribution in [0.3, 0.4) is 0 Å². The fourth-order valence-corrected chi connectivity index (χ4v) is 3.26. The highest BCUT2D eigenvalue weighted by molar-refractivity contribution is 5.91. The monoisotopic (exact) mass is 419 g/mol. The van der Waals surface area contributed by atoms with Gasteiger partial charge in [-0.15, -0.1) is 0 Å². The number of piperazine rings is 1. The van der Waals surface area contributed by atoms with Gasteiger partial charge in [-0.05, 0) is 25.5 Å². The molecule has 10 heteroatoms. The summed E-state index contributed by atoms with van der Waals surface area (Å²) in [6.07, 6.45) is 3.40. The summed E-state index contributed by atoms with van der Waals surface area (Å²) in [5, 5.41) is 5.47. The second kappa shape index (κ2) is 10.6. The molecule has 0 bridgehead atoms. The predicted octanol–water partition coefficient (Wildman–Crippen LogP) is -0.0674. The fraction of sp³-hybridized carbons (Fsp3) is 0.550. The van der Waals surface area contributed by atoms with Crippen LogP contribution in [-0.2, 0) is 25.5 Å². The van der Waals surface area contributed by atoms with Gasteiger partial charge < -0.3 is 25.2 Å². The van der Waals surface area contributed by atoms with Gasteiger partial charge in [0.15, 0.2) is 0 Å². The molecule has 1 aliphatic rings. The second-order valence-corrected chi connectivity index (χ2v) is 7.43. The molecule has 164 valence electrons. The first-order valence-electron chi connectivity index (χ1n) is 9.82. The largest absolute Gasteiger partial charge is 0.467 e. The molecule has 0 spiro atoms. The SMILES string of the molecule is COC(=O)[C@@H](Cc1cccnc1)NC(=O)[C@@H]1CN(C(=O)NC(C)C)CCN1C(C)=O. The lowest BCUT2D eigenvalue weighted by Crippen LogP contribution is -2.63. The highest BCUT2D eigenvalue weighted by Gasteiger charge is 2.37. The van der Waals surface area contributed by atoms with Crippen molar-refractivity contribution in [2.45, 2.75) is 45.3 Å². The number of pyridine rings is 1. The van der Waals surface area contributed by atoms with Crippen LogP contribution in [0, 0.1) is 0 Å². The van der Waals surface area contributed by atoms with Crippen molar-refractivity contribution >= 4 is 23.8 Å². The van der Waals surface area contributed by atoms with E-state index in [1.807, 2.05) is 13.8 Å². The number of aromatic nitrogens is 1. The number of hydrogen-bond donors (Lipinski definition) is 2. The summed E-state index contributed by atoms with van der Waals surface area (Å²) in [4.78, 5) is 56.6. The van der Waals surface area contributed by atoms with E-state index in [9.17, 15) is 19.2 Å². The number of hydrogen-bond acceptors (Lipinski definition) is 6. The third-order valence-electron chi connectivity index (χ3n) is 4.75. The molecule has 0 radical (unpaired) electrons. The van der Waals surface area contributed by atoms with E-state index in [0.717, 1.165) is 5.56 Å². The van der Waals surface area contributed by atoms with Crippen molar-refractivity contribution in [1.29, 1.82) is 0 Å². The van der Waals surface area contributed by atoms with Gasteiger partial charge in [0.2, 0.25) is 11.8 Å². The number of ether oxygens (including phenoxy) is 1. The maximum absolute atomic E-state index is 13.0. The molecule has 0 unspecified atom stereocenters. The second-order valence-electron chi connectivity index (χ2n) is 7.43. The molecule has 1 fully saturated rings. The molecule has 2 heterocycles. The Balaban J connectivity index is 2.16. The topological polar surface area (TPSA) is 121 Å². The van der Waals surface area contributed by atoms with Gasteiger partial charge in [-0.3, -0.25) is 14.6 Å². The van der Waals surface area contributed by atoms with E-state index in [2.05, 4.69) is 15.6 Å².